The minimum atomic E-state index is -0.773. The van der Waals surface area contributed by atoms with Crippen molar-refractivity contribution in [3.8, 4) is 5.75 Å². The minimum absolute atomic E-state index is 0.0777. The highest BCUT2D eigenvalue weighted by Crippen LogP contribution is 2.27. The highest BCUT2D eigenvalue weighted by molar-refractivity contribution is 7.85. The molecular weight excluding hydrogens is 301 g/mol. The number of rotatable bonds is 6. The summed E-state index contributed by atoms with van der Waals surface area (Å²) in [5.74, 6) is 0.631. The lowest BCUT2D eigenvalue weighted by atomic mass is 9.93. The van der Waals surface area contributed by atoms with E-state index in [0.717, 1.165) is 24.8 Å². The van der Waals surface area contributed by atoms with Gasteiger partial charge in [-0.15, -0.1) is 0 Å². The second kappa shape index (κ2) is 8.06. The first-order valence-electron chi connectivity index (χ1n) is 8.03. The number of halogens is 1. The molecule has 3 nitrogen and oxygen atoms in total. The molecule has 22 heavy (non-hydrogen) atoms. The zero-order valence-electron chi connectivity index (χ0n) is 13.6. The molecular formula is C17H26FNO2S. The third-order valence-electron chi connectivity index (χ3n) is 4.46. The lowest BCUT2D eigenvalue weighted by molar-refractivity contribution is 0.349. The van der Waals surface area contributed by atoms with Crippen LogP contribution < -0.4 is 10.1 Å². The molecule has 1 saturated carbocycles. The van der Waals surface area contributed by atoms with E-state index in [1.807, 2.05) is 6.92 Å². The van der Waals surface area contributed by atoms with Crippen LogP contribution in [0, 0.1) is 5.82 Å². The highest BCUT2D eigenvalue weighted by atomic mass is 32.2. The maximum absolute atomic E-state index is 13.5. The molecule has 4 atom stereocenters. The lowest BCUT2D eigenvalue weighted by Gasteiger charge is -2.34. The summed E-state index contributed by atoms with van der Waals surface area (Å²) < 4.78 is 30.8. The van der Waals surface area contributed by atoms with Crippen molar-refractivity contribution < 1.29 is 13.3 Å². The van der Waals surface area contributed by atoms with E-state index < -0.39 is 10.8 Å². The smallest absolute Gasteiger partial charge is 0.165 e. The van der Waals surface area contributed by atoms with Crippen molar-refractivity contribution in [1.29, 1.82) is 0 Å². The molecule has 0 amide bonds. The summed E-state index contributed by atoms with van der Waals surface area (Å²) in [6.45, 7) is 4.04. The molecule has 0 heterocycles. The molecule has 0 aromatic heterocycles. The molecule has 5 heteroatoms. The quantitative estimate of drug-likeness (QED) is 0.868. The first-order chi connectivity index (χ1) is 10.6. The molecule has 1 N–H and O–H groups in total. The van der Waals surface area contributed by atoms with Crippen LogP contribution in [0.4, 0.5) is 4.39 Å². The normalized spacial score (nSPS) is 24.7. The molecule has 1 aromatic rings. The van der Waals surface area contributed by atoms with E-state index in [1.165, 1.54) is 19.6 Å². The summed E-state index contributed by atoms with van der Waals surface area (Å²) in [6, 6.07) is 5.30. The van der Waals surface area contributed by atoms with Crippen molar-refractivity contribution in [3.05, 3.63) is 29.6 Å². The third kappa shape index (κ3) is 4.07. The van der Waals surface area contributed by atoms with Crippen LogP contribution in [0.2, 0.25) is 0 Å². The Morgan fingerprint density at radius 1 is 1.41 bits per heavy atom. The van der Waals surface area contributed by atoms with E-state index in [1.54, 1.807) is 12.1 Å². The summed E-state index contributed by atoms with van der Waals surface area (Å²) in [5, 5.41) is 3.83. The van der Waals surface area contributed by atoms with Gasteiger partial charge < -0.3 is 10.1 Å². The van der Waals surface area contributed by atoms with Crippen LogP contribution >= 0.6 is 0 Å². The van der Waals surface area contributed by atoms with Gasteiger partial charge in [0.25, 0.3) is 0 Å². The van der Waals surface area contributed by atoms with Gasteiger partial charge in [0.2, 0.25) is 0 Å². The largest absolute Gasteiger partial charge is 0.494 e. The first-order valence-corrected chi connectivity index (χ1v) is 9.41. The third-order valence-corrected chi connectivity index (χ3v) is 6.27. The van der Waals surface area contributed by atoms with Crippen LogP contribution in [0.1, 0.15) is 51.1 Å². The number of ether oxygens (including phenoxy) is 1. The molecule has 0 saturated heterocycles. The van der Waals surface area contributed by atoms with Crippen LogP contribution in [-0.4, -0.2) is 28.4 Å². The second-order valence-electron chi connectivity index (χ2n) is 5.88. The van der Waals surface area contributed by atoms with E-state index in [2.05, 4.69) is 12.2 Å². The van der Waals surface area contributed by atoms with Gasteiger partial charge in [-0.1, -0.05) is 25.8 Å². The van der Waals surface area contributed by atoms with E-state index in [0.29, 0.717) is 5.75 Å². The number of nitrogens with one attached hydrogen (secondary N) is 1. The molecule has 0 unspecified atom stereocenters. The van der Waals surface area contributed by atoms with Crippen LogP contribution in [0.3, 0.4) is 0 Å². The van der Waals surface area contributed by atoms with E-state index >= 15 is 0 Å². The predicted molar refractivity (Wildman–Crippen MR) is 89.2 cm³/mol. The van der Waals surface area contributed by atoms with Gasteiger partial charge >= 0.3 is 0 Å². The maximum Gasteiger partial charge on any atom is 0.165 e. The van der Waals surface area contributed by atoms with Crippen molar-refractivity contribution >= 4 is 10.8 Å². The number of hydrogen-bond donors (Lipinski definition) is 1. The molecule has 1 aliphatic carbocycles. The van der Waals surface area contributed by atoms with Crippen LogP contribution in [0.15, 0.2) is 18.2 Å². The maximum atomic E-state index is 13.5. The topological polar surface area (TPSA) is 38.3 Å². The first kappa shape index (κ1) is 17.4. The number of methoxy groups -OCH3 is 1. The van der Waals surface area contributed by atoms with Gasteiger partial charge in [-0.05, 0) is 37.5 Å². The summed E-state index contributed by atoms with van der Waals surface area (Å²) in [4.78, 5) is 0. The van der Waals surface area contributed by atoms with Crippen molar-refractivity contribution in [2.24, 2.45) is 0 Å². The number of benzene rings is 1. The van der Waals surface area contributed by atoms with E-state index in [-0.39, 0.29) is 28.9 Å². The standard InChI is InChI=1S/C17H26FNO2S/c1-4-22(20)17-8-6-5-7-15(17)19-12(2)13-9-10-14(18)16(11-13)21-3/h9-12,15,17,19H,4-8H2,1-3H3/t12-,15+,17-,22+/m1/s1. The van der Waals surface area contributed by atoms with Crippen molar-refractivity contribution in [3.63, 3.8) is 0 Å². The van der Waals surface area contributed by atoms with Gasteiger partial charge in [0.05, 0.1) is 12.4 Å². The van der Waals surface area contributed by atoms with E-state index in [9.17, 15) is 8.60 Å². The van der Waals surface area contributed by atoms with Gasteiger partial charge in [0, 0.05) is 28.6 Å². The number of hydrogen-bond acceptors (Lipinski definition) is 3. The average molecular weight is 327 g/mol. The molecule has 0 spiro atoms. The van der Waals surface area contributed by atoms with Crippen molar-refractivity contribution in [1.82, 2.24) is 5.32 Å². The summed E-state index contributed by atoms with van der Waals surface area (Å²) in [7, 11) is 0.701. The average Bonchev–Trinajstić information content (AvgIpc) is 2.55. The molecule has 1 aromatic carbocycles. The molecule has 0 radical (unpaired) electrons. The van der Waals surface area contributed by atoms with Gasteiger partial charge in [-0.25, -0.2) is 4.39 Å². The fraction of sp³-hybridized carbons (Fsp3) is 0.647. The summed E-state index contributed by atoms with van der Waals surface area (Å²) >= 11 is 0. The fourth-order valence-electron chi connectivity index (χ4n) is 3.18. The van der Waals surface area contributed by atoms with Crippen LogP contribution in [0.5, 0.6) is 5.75 Å². The van der Waals surface area contributed by atoms with Crippen LogP contribution in [0.25, 0.3) is 0 Å². The second-order valence-corrected chi connectivity index (χ2v) is 7.83. The fourth-order valence-corrected chi connectivity index (χ4v) is 4.62. The Kier molecular flexibility index (Phi) is 6.38. The molecule has 124 valence electrons. The SMILES string of the molecule is CC[S@](=O)[C@@H]1CCCC[C@@H]1N[C@H](C)c1ccc(F)c(OC)c1. The Labute approximate surface area is 135 Å². The lowest BCUT2D eigenvalue weighted by Crippen LogP contribution is -2.45. The van der Waals surface area contributed by atoms with E-state index in [4.69, 9.17) is 4.74 Å². The summed E-state index contributed by atoms with van der Waals surface area (Å²) in [6.07, 6.45) is 4.42. The van der Waals surface area contributed by atoms with Crippen LogP contribution in [-0.2, 0) is 10.8 Å². The minimum Gasteiger partial charge on any atom is -0.494 e. The monoisotopic (exact) mass is 327 g/mol. The summed E-state index contributed by atoms with van der Waals surface area (Å²) in [5.41, 5.74) is 0.991. The highest BCUT2D eigenvalue weighted by Gasteiger charge is 2.30. The van der Waals surface area contributed by atoms with Gasteiger partial charge in [-0.2, -0.15) is 0 Å². The molecule has 1 fully saturated rings. The van der Waals surface area contributed by atoms with Gasteiger partial charge in [0.1, 0.15) is 0 Å². The Hall–Kier alpha value is -0.940. The zero-order valence-corrected chi connectivity index (χ0v) is 14.4. The Morgan fingerprint density at radius 3 is 2.82 bits per heavy atom. The Balaban J connectivity index is 2.09. The molecule has 1 aliphatic rings. The van der Waals surface area contributed by atoms with Crippen molar-refractivity contribution in [2.45, 2.75) is 56.9 Å². The van der Waals surface area contributed by atoms with Crippen molar-refractivity contribution in [2.75, 3.05) is 12.9 Å². The Morgan fingerprint density at radius 2 is 2.14 bits per heavy atom. The molecule has 0 aliphatic heterocycles. The van der Waals surface area contributed by atoms with Gasteiger partial charge in [0.15, 0.2) is 11.6 Å². The molecule has 0 bridgehead atoms. The van der Waals surface area contributed by atoms with Gasteiger partial charge in [-0.3, -0.25) is 4.21 Å². The molecule has 2 rings (SSSR count). The predicted octanol–water partition coefficient (Wildman–Crippen LogP) is 3.56. The zero-order chi connectivity index (χ0) is 16.1. The Bertz CT molecular complexity index is 523.